The number of benzene rings is 3. The van der Waals surface area contributed by atoms with Gasteiger partial charge in [0, 0.05) is 34.1 Å². The standard InChI is InChI=1S/C23H18Cl2N8O3/c1-36-19-10-6-17(7-11-19)28-22-29-21(27-16-4-8-18(9-5-16)33(34)35)30-23(31-22)32-26-13-14-2-3-15(24)12-20(14)25/h2-13H,1H3,(H3,27,28,29,30,31,32)/b26-13+. The van der Waals surface area contributed by atoms with E-state index >= 15 is 0 Å². The van der Waals surface area contributed by atoms with Gasteiger partial charge in [-0.2, -0.15) is 20.1 Å². The van der Waals surface area contributed by atoms with E-state index in [0.717, 1.165) is 0 Å². The zero-order chi connectivity index (χ0) is 25.5. The highest BCUT2D eigenvalue weighted by molar-refractivity contribution is 6.36. The third kappa shape index (κ3) is 6.56. The number of non-ortho nitro benzene ring substituents is 1. The Balaban J connectivity index is 1.58. The number of aromatic nitrogens is 3. The summed E-state index contributed by atoms with van der Waals surface area (Å²) in [6.45, 7) is 0. The van der Waals surface area contributed by atoms with Crippen molar-refractivity contribution in [2.45, 2.75) is 0 Å². The number of rotatable bonds is 9. The van der Waals surface area contributed by atoms with E-state index in [1.807, 2.05) is 0 Å². The van der Waals surface area contributed by atoms with Crippen molar-refractivity contribution in [1.29, 1.82) is 0 Å². The van der Waals surface area contributed by atoms with Crippen LogP contribution in [0.1, 0.15) is 5.56 Å². The molecular formula is C23H18Cl2N8O3. The van der Waals surface area contributed by atoms with Crippen LogP contribution < -0.4 is 20.8 Å². The van der Waals surface area contributed by atoms with E-state index in [1.54, 1.807) is 61.7 Å². The first-order valence-electron chi connectivity index (χ1n) is 10.3. The van der Waals surface area contributed by atoms with Gasteiger partial charge in [-0.05, 0) is 48.5 Å². The van der Waals surface area contributed by atoms with Gasteiger partial charge in [0.25, 0.3) is 5.69 Å². The van der Waals surface area contributed by atoms with Crippen LogP contribution in [0.4, 0.5) is 34.9 Å². The van der Waals surface area contributed by atoms with Gasteiger partial charge >= 0.3 is 0 Å². The third-order valence-electron chi connectivity index (χ3n) is 4.65. The van der Waals surface area contributed by atoms with E-state index in [1.165, 1.54) is 18.3 Å². The van der Waals surface area contributed by atoms with Crippen LogP contribution in [0.3, 0.4) is 0 Å². The predicted octanol–water partition coefficient (Wildman–Crippen LogP) is 6.03. The number of hydrogen-bond acceptors (Lipinski definition) is 10. The molecule has 4 rings (SSSR count). The molecule has 0 aliphatic rings. The topological polar surface area (TPSA) is 139 Å². The molecule has 0 unspecified atom stereocenters. The lowest BCUT2D eigenvalue weighted by Gasteiger charge is -2.10. The number of nitro benzene ring substituents is 1. The average molecular weight is 525 g/mol. The van der Waals surface area contributed by atoms with Crippen molar-refractivity contribution >= 4 is 64.3 Å². The number of hydrogen-bond donors (Lipinski definition) is 3. The van der Waals surface area contributed by atoms with Crippen molar-refractivity contribution in [3.63, 3.8) is 0 Å². The molecule has 36 heavy (non-hydrogen) atoms. The monoisotopic (exact) mass is 524 g/mol. The third-order valence-corrected chi connectivity index (χ3v) is 5.21. The van der Waals surface area contributed by atoms with Crippen molar-refractivity contribution in [2.24, 2.45) is 5.10 Å². The molecule has 1 aromatic heterocycles. The van der Waals surface area contributed by atoms with Crippen LogP contribution in [0.25, 0.3) is 0 Å². The highest BCUT2D eigenvalue weighted by atomic mass is 35.5. The maximum Gasteiger partial charge on any atom is 0.269 e. The zero-order valence-electron chi connectivity index (χ0n) is 18.6. The van der Waals surface area contributed by atoms with E-state index in [-0.39, 0.29) is 23.5 Å². The van der Waals surface area contributed by atoms with Gasteiger partial charge in [0.15, 0.2) is 0 Å². The summed E-state index contributed by atoms with van der Waals surface area (Å²) < 4.78 is 5.18. The molecule has 0 bridgehead atoms. The predicted molar refractivity (Wildman–Crippen MR) is 140 cm³/mol. The first kappa shape index (κ1) is 24.6. The second-order valence-electron chi connectivity index (χ2n) is 7.12. The largest absolute Gasteiger partial charge is 0.497 e. The molecule has 0 aliphatic carbocycles. The fourth-order valence-electron chi connectivity index (χ4n) is 2.90. The van der Waals surface area contributed by atoms with E-state index < -0.39 is 4.92 Å². The lowest BCUT2D eigenvalue weighted by Crippen LogP contribution is -2.07. The fourth-order valence-corrected chi connectivity index (χ4v) is 3.36. The van der Waals surface area contributed by atoms with E-state index in [0.29, 0.717) is 32.7 Å². The van der Waals surface area contributed by atoms with Crippen molar-refractivity contribution in [1.82, 2.24) is 15.0 Å². The molecule has 0 aliphatic heterocycles. The van der Waals surface area contributed by atoms with Crippen LogP contribution in [0.2, 0.25) is 10.0 Å². The molecule has 0 saturated carbocycles. The van der Waals surface area contributed by atoms with Gasteiger partial charge in [0.05, 0.1) is 23.3 Å². The number of nitro groups is 1. The quantitative estimate of drug-likeness (QED) is 0.136. The Morgan fingerprint density at radius 2 is 1.47 bits per heavy atom. The van der Waals surface area contributed by atoms with Crippen LogP contribution >= 0.6 is 23.2 Å². The molecule has 182 valence electrons. The van der Waals surface area contributed by atoms with E-state index in [2.05, 4.69) is 36.1 Å². The highest BCUT2D eigenvalue weighted by Crippen LogP contribution is 2.23. The summed E-state index contributed by atoms with van der Waals surface area (Å²) in [5.41, 5.74) is 4.63. The first-order valence-corrected chi connectivity index (χ1v) is 11.1. The lowest BCUT2D eigenvalue weighted by atomic mass is 10.2. The summed E-state index contributed by atoms with van der Waals surface area (Å²) in [5.74, 6) is 1.24. The van der Waals surface area contributed by atoms with Crippen LogP contribution in [0.5, 0.6) is 5.75 Å². The van der Waals surface area contributed by atoms with Gasteiger partial charge in [0.1, 0.15) is 5.75 Å². The molecule has 0 saturated heterocycles. The van der Waals surface area contributed by atoms with Crippen LogP contribution in [0.15, 0.2) is 71.8 Å². The molecule has 3 N–H and O–H groups in total. The van der Waals surface area contributed by atoms with E-state index in [4.69, 9.17) is 27.9 Å². The van der Waals surface area contributed by atoms with Crippen molar-refractivity contribution in [3.05, 3.63) is 92.5 Å². The van der Waals surface area contributed by atoms with Crippen LogP contribution in [-0.2, 0) is 0 Å². The SMILES string of the molecule is COc1ccc(Nc2nc(N/N=C/c3ccc(Cl)cc3Cl)nc(Nc3ccc([N+](=O)[O-])cc3)n2)cc1. The number of ether oxygens (including phenoxy) is 1. The Kier molecular flexibility index (Phi) is 7.73. The molecule has 0 atom stereocenters. The maximum atomic E-state index is 10.9. The minimum Gasteiger partial charge on any atom is -0.497 e. The number of hydrazone groups is 1. The van der Waals surface area contributed by atoms with E-state index in [9.17, 15) is 10.1 Å². The van der Waals surface area contributed by atoms with Gasteiger partial charge in [-0.15, -0.1) is 0 Å². The number of nitrogens with zero attached hydrogens (tertiary/aromatic N) is 5. The molecule has 11 nitrogen and oxygen atoms in total. The first-order chi connectivity index (χ1) is 17.4. The lowest BCUT2D eigenvalue weighted by molar-refractivity contribution is -0.384. The highest BCUT2D eigenvalue weighted by Gasteiger charge is 2.10. The number of anilines is 5. The minimum atomic E-state index is -0.476. The molecule has 3 aromatic carbocycles. The molecule has 0 radical (unpaired) electrons. The van der Waals surface area contributed by atoms with Gasteiger partial charge < -0.3 is 15.4 Å². The maximum absolute atomic E-state index is 10.9. The van der Waals surface area contributed by atoms with Crippen molar-refractivity contribution in [2.75, 3.05) is 23.2 Å². The number of halogens is 2. The van der Waals surface area contributed by atoms with Crippen molar-refractivity contribution < 1.29 is 9.66 Å². The summed E-state index contributed by atoms with van der Waals surface area (Å²) in [5, 5.41) is 22.1. The average Bonchev–Trinajstić information content (AvgIpc) is 2.86. The summed E-state index contributed by atoms with van der Waals surface area (Å²) in [4.78, 5) is 23.5. The Bertz CT molecular complexity index is 1400. The summed E-state index contributed by atoms with van der Waals surface area (Å²) in [6.07, 6.45) is 1.50. The molecule has 4 aromatic rings. The Morgan fingerprint density at radius 3 is 2.03 bits per heavy atom. The van der Waals surface area contributed by atoms with Crippen LogP contribution in [0, 0.1) is 10.1 Å². The summed E-state index contributed by atoms with van der Waals surface area (Å²) in [7, 11) is 1.58. The fraction of sp³-hybridized carbons (Fsp3) is 0.0435. The number of nitrogens with one attached hydrogen (secondary N) is 3. The zero-order valence-corrected chi connectivity index (χ0v) is 20.2. The molecular weight excluding hydrogens is 507 g/mol. The molecule has 0 spiro atoms. The van der Waals surface area contributed by atoms with Crippen LogP contribution in [-0.4, -0.2) is 33.2 Å². The molecule has 0 amide bonds. The molecule has 0 fully saturated rings. The van der Waals surface area contributed by atoms with Gasteiger partial charge in [-0.3, -0.25) is 10.1 Å². The Labute approximate surface area is 215 Å². The molecule has 1 heterocycles. The Morgan fingerprint density at radius 1 is 0.889 bits per heavy atom. The smallest absolute Gasteiger partial charge is 0.269 e. The summed E-state index contributed by atoms with van der Waals surface area (Å²) in [6, 6.07) is 18.1. The normalized spacial score (nSPS) is 10.8. The summed E-state index contributed by atoms with van der Waals surface area (Å²) >= 11 is 12.1. The Hall–Kier alpha value is -4.48. The number of methoxy groups -OCH3 is 1. The molecule has 13 heteroatoms. The van der Waals surface area contributed by atoms with Gasteiger partial charge in [0.2, 0.25) is 17.8 Å². The minimum absolute atomic E-state index is 0.0318. The van der Waals surface area contributed by atoms with Gasteiger partial charge in [-0.25, -0.2) is 5.43 Å². The van der Waals surface area contributed by atoms with Crippen molar-refractivity contribution in [3.8, 4) is 5.75 Å². The second kappa shape index (κ2) is 11.3. The second-order valence-corrected chi connectivity index (χ2v) is 7.97. The van der Waals surface area contributed by atoms with Gasteiger partial charge in [-0.1, -0.05) is 29.3 Å².